The van der Waals surface area contributed by atoms with E-state index in [0.717, 1.165) is 16.7 Å². The summed E-state index contributed by atoms with van der Waals surface area (Å²) in [6, 6.07) is 14.3. The fraction of sp³-hybridized carbons (Fsp3) is 0.280. The van der Waals surface area contributed by atoms with E-state index in [9.17, 15) is 9.59 Å². The molecule has 0 saturated heterocycles. The van der Waals surface area contributed by atoms with Crippen molar-refractivity contribution in [2.24, 2.45) is 0 Å². The van der Waals surface area contributed by atoms with Crippen molar-refractivity contribution < 1.29 is 19.1 Å². The predicted octanol–water partition coefficient (Wildman–Crippen LogP) is 4.45. The molecule has 0 aliphatic carbocycles. The molecule has 2 aromatic carbocycles. The first-order chi connectivity index (χ1) is 15.0. The predicted molar refractivity (Wildman–Crippen MR) is 120 cm³/mol. The lowest BCUT2D eigenvalue weighted by Crippen LogP contribution is -2.50. The summed E-state index contributed by atoms with van der Waals surface area (Å²) >= 11 is 0. The third-order valence-corrected chi connectivity index (χ3v) is 5.14. The molecule has 31 heavy (non-hydrogen) atoms. The minimum atomic E-state index is -0.634. The summed E-state index contributed by atoms with van der Waals surface area (Å²) in [5.74, 6) is 0.172. The highest BCUT2D eigenvalue weighted by Gasteiger charge is 2.38. The van der Waals surface area contributed by atoms with Gasteiger partial charge >= 0.3 is 12.0 Å². The van der Waals surface area contributed by atoms with Crippen LogP contribution in [0.4, 0.5) is 4.79 Å². The summed E-state index contributed by atoms with van der Waals surface area (Å²) in [5, 5.41) is 2.96. The van der Waals surface area contributed by atoms with Crippen LogP contribution >= 0.6 is 0 Å². The summed E-state index contributed by atoms with van der Waals surface area (Å²) in [4.78, 5) is 27.5. The van der Waals surface area contributed by atoms with E-state index in [1.807, 2.05) is 62.4 Å². The lowest BCUT2D eigenvalue weighted by molar-refractivity contribution is -0.139. The smallest absolute Gasteiger partial charge is 0.338 e. The van der Waals surface area contributed by atoms with E-state index in [2.05, 4.69) is 11.9 Å². The van der Waals surface area contributed by atoms with E-state index < -0.39 is 12.0 Å². The Morgan fingerprint density at radius 1 is 1.16 bits per heavy atom. The van der Waals surface area contributed by atoms with Crippen LogP contribution in [0.2, 0.25) is 0 Å². The second-order valence-electron chi connectivity index (χ2n) is 7.32. The number of hydrogen-bond acceptors (Lipinski definition) is 4. The van der Waals surface area contributed by atoms with Gasteiger partial charge in [-0.05, 0) is 44.0 Å². The van der Waals surface area contributed by atoms with Crippen LogP contribution in [0.25, 0.3) is 0 Å². The van der Waals surface area contributed by atoms with Crippen LogP contribution in [0.5, 0.6) is 5.75 Å². The normalized spacial score (nSPS) is 16.0. The number of esters is 1. The molecule has 0 radical (unpaired) electrons. The second kappa shape index (κ2) is 9.98. The van der Waals surface area contributed by atoms with Gasteiger partial charge in [-0.15, -0.1) is 6.58 Å². The second-order valence-corrected chi connectivity index (χ2v) is 7.32. The first-order valence-electron chi connectivity index (χ1n) is 10.3. The van der Waals surface area contributed by atoms with Gasteiger partial charge in [-0.1, -0.05) is 48.0 Å². The molecule has 1 N–H and O–H groups in total. The van der Waals surface area contributed by atoms with Gasteiger partial charge in [0.25, 0.3) is 0 Å². The van der Waals surface area contributed by atoms with Gasteiger partial charge < -0.3 is 14.8 Å². The Balaban J connectivity index is 2.10. The number of amides is 2. The maximum atomic E-state index is 13.1. The van der Waals surface area contributed by atoms with Crippen molar-refractivity contribution in [2.75, 3.05) is 19.8 Å². The molecule has 1 aliphatic heterocycles. The highest BCUT2D eigenvalue weighted by atomic mass is 16.5. The molecule has 0 aromatic heterocycles. The quantitative estimate of drug-likeness (QED) is 0.506. The summed E-state index contributed by atoms with van der Waals surface area (Å²) in [6.45, 7) is 9.95. The van der Waals surface area contributed by atoms with Gasteiger partial charge in [-0.3, -0.25) is 4.90 Å². The van der Waals surface area contributed by atoms with Gasteiger partial charge in [-0.2, -0.15) is 0 Å². The molecule has 3 rings (SSSR count). The van der Waals surface area contributed by atoms with E-state index in [0.29, 0.717) is 17.0 Å². The Labute approximate surface area is 183 Å². The van der Waals surface area contributed by atoms with Crippen LogP contribution in [0.15, 0.2) is 72.5 Å². The van der Waals surface area contributed by atoms with Crippen LogP contribution in [0.3, 0.4) is 0 Å². The van der Waals surface area contributed by atoms with Crippen LogP contribution < -0.4 is 10.1 Å². The zero-order valence-electron chi connectivity index (χ0n) is 18.2. The Kier molecular flexibility index (Phi) is 7.13. The van der Waals surface area contributed by atoms with Crippen LogP contribution in [0, 0.1) is 13.8 Å². The minimum Gasteiger partial charge on any atom is -0.487 e. The number of benzene rings is 2. The monoisotopic (exact) mass is 420 g/mol. The summed E-state index contributed by atoms with van der Waals surface area (Å²) < 4.78 is 11.4. The fourth-order valence-corrected chi connectivity index (χ4v) is 3.56. The summed E-state index contributed by atoms with van der Waals surface area (Å²) in [6.07, 6.45) is 1.61. The van der Waals surface area contributed by atoms with Crippen molar-refractivity contribution in [3.05, 3.63) is 89.1 Å². The molecule has 2 amide bonds. The average Bonchev–Trinajstić information content (AvgIpc) is 2.75. The molecule has 1 atom stereocenters. The molecule has 1 unspecified atom stereocenters. The van der Waals surface area contributed by atoms with Gasteiger partial charge in [0.15, 0.2) is 0 Å². The summed E-state index contributed by atoms with van der Waals surface area (Å²) in [5.41, 5.74) is 3.75. The standard InChI is InChI=1S/C25H28N2O4/c1-5-15-27-21(16-31-19-13-11-17(3)12-14-19)22(24(28)30-6-2)23(26-25(27)29)20-10-8-7-9-18(20)4/h5,7-14,23H,1,6,15-16H2,2-4H3,(H,26,29). The Hall–Kier alpha value is -3.54. The molecule has 1 aliphatic rings. The maximum Gasteiger partial charge on any atom is 0.338 e. The molecule has 0 bridgehead atoms. The van der Waals surface area contributed by atoms with Gasteiger partial charge in [0, 0.05) is 6.54 Å². The number of nitrogens with one attached hydrogen (secondary N) is 1. The van der Waals surface area contributed by atoms with E-state index >= 15 is 0 Å². The number of nitrogens with zero attached hydrogens (tertiary/aromatic N) is 1. The van der Waals surface area contributed by atoms with Crippen molar-refractivity contribution in [1.29, 1.82) is 0 Å². The van der Waals surface area contributed by atoms with Crippen LogP contribution in [0.1, 0.15) is 29.7 Å². The number of rotatable bonds is 8. The number of ether oxygens (including phenoxy) is 2. The van der Waals surface area contributed by atoms with Gasteiger partial charge in [-0.25, -0.2) is 9.59 Å². The number of urea groups is 1. The van der Waals surface area contributed by atoms with Crippen LogP contribution in [-0.4, -0.2) is 36.7 Å². The van der Waals surface area contributed by atoms with Gasteiger partial charge in [0.2, 0.25) is 0 Å². The van der Waals surface area contributed by atoms with Gasteiger partial charge in [0.05, 0.1) is 23.9 Å². The Bertz CT molecular complexity index is 995. The molecule has 6 heteroatoms. The molecule has 1 heterocycles. The summed E-state index contributed by atoms with van der Waals surface area (Å²) in [7, 11) is 0. The fourth-order valence-electron chi connectivity index (χ4n) is 3.56. The highest BCUT2D eigenvalue weighted by Crippen LogP contribution is 2.33. The van der Waals surface area contributed by atoms with E-state index in [-0.39, 0.29) is 25.8 Å². The Morgan fingerprint density at radius 3 is 2.52 bits per heavy atom. The van der Waals surface area contributed by atoms with Crippen molar-refractivity contribution in [1.82, 2.24) is 10.2 Å². The van der Waals surface area contributed by atoms with E-state index in [1.54, 1.807) is 13.0 Å². The van der Waals surface area contributed by atoms with Crippen molar-refractivity contribution in [3.63, 3.8) is 0 Å². The first-order valence-corrected chi connectivity index (χ1v) is 10.3. The molecular weight excluding hydrogens is 392 g/mol. The molecule has 2 aromatic rings. The number of hydrogen-bond donors (Lipinski definition) is 1. The Morgan fingerprint density at radius 2 is 1.87 bits per heavy atom. The first kappa shape index (κ1) is 22.2. The van der Waals surface area contributed by atoms with E-state index in [1.165, 1.54) is 4.90 Å². The van der Waals surface area contributed by atoms with E-state index in [4.69, 9.17) is 9.47 Å². The number of aryl methyl sites for hydroxylation is 2. The maximum absolute atomic E-state index is 13.1. The van der Waals surface area contributed by atoms with Crippen molar-refractivity contribution >= 4 is 12.0 Å². The van der Waals surface area contributed by atoms with Gasteiger partial charge in [0.1, 0.15) is 12.4 Å². The molecule has 0 saturated carbocycles. The van der Waals surface area contributed by atoms with Crippen molar-refractivity contribution in [2.45, 2.75) is 26.8 Å². The SMILES string of the molecule is C=CCN1C(=O)NC(c2ccccc2C)C(C(=O)OCC)=C1COc1ccc(C)cc1. The topological polar surface area (TPSA) is 67.9 Å². The highest BCUT2D eigenvalue weighted by molar-refractivity contribution is 5.95. The third kappa shape index (κ3) is 4.97. The zero-order chi connectivity index (χ0) is 22.4. The average molecular weight is 421 g/mol. The molecular formula is C25H28N2O4. The molecule has 162 valence electrons. The lowest BCUT2D eigenvalue weighted by atomic mass is 9.91. The number of carbonyl (C=O) groups is 2. The largest absolute Gasteiger partial charge is 0.487 e. The third-order valence-electron chi connectivity index (χ3n) is 5.14. The lowest BCUT2D eigenvalue weighted by Gasteiger charge is -2.36. The zero-order valence-corrected chi connectivity index (χ0v) is 18.2. The number of carbonyl (C=O) groups excluding carboxylic acids is 2. The molecule has 0 fully saturated rings. The van der Waals surface area contributed by atoms with Crippen molar-refractivity contribution in [3.8, 4) is 5.75 Å². The minimum absolute atomic E-state index is 0.0425. The molecule has 6 nitrogen and oxygen atoms in total. The van der Waals surface area contributed by atoms with Crippen LogP contribution in [-0.2, 0) is 9.53 Å². The molecule has 0 spiro atoms.